The van der Waals surface area contributed by atoms with E-state index in [4.69, 9.17) is 11.6 Å². The van der Waals surface area contributed by atoms with Gasteiger partial charge in [0.05, 0.1) is 22.8 Å². The Balaban J connectivity index is 1.80. The van der Waals surface area contributed by atoms with Crippen LogP contribution < -0.4 is 21.5 Å². The minimum atomic E-state index is -4.77. The summed E-state index contributed by atoms with van der Waals surface area (Å²) in [5.41, 5.74) is -3.60. The number of hydrogen-bond acceptors (Lipinski definition) is 4. The van der Waals surface area contributed by atoms with Crippen molar-refractivity contribution < 1.29 is 27.9 Å². The molecule has 3 aromatic rings. The number of carboxylic acid groups (broad SMARTS) is 1. The predicted octanol–water partition coefficient (Wildman–Crippen LogP) is 3.34. The molecule has 1 atom stereocenters. The van der Waals surface area contributed by atoms with Crippen molar-refractivity contribution in [2.75, 3.05) is 11.4 Å². The van der Waals surface area contributed by atoms with Gasteiger partial charge < -0.3 is 10.4 Å². The van der Waals surface area contributed by atoms with Gasteiger partial charge in [0.25, 0.3) is 5.56 Å². The van der Waals surface area contributed by atoms with Crippen LogP contribution in [0.2, 0.25) is 5.02 Å². The Kier molecular flexibility index (Phi) is 6.39. The maximum Gasteiger partial charge on any atom is 0.417 e. The third-order valence-corrected chi connectivity index (χ3v) is 6.07. The van der Waals surface area contributed by atoms with E-state index < -0.39 is 46.1 Å². The summed E-state index contributed by atoms with van der Waals surface area (Å²) < 4.78 is 41.1. The predicted molar refractivity (Wildman–Crippen MR) is 124 cm³/mol. The average molecular weight is 523 g/mol. The topological polar surface area (TPSA) is 114 Å². The van der Waals surface area contributed by atoms with Crippen LogP contribution in [0.4, 0.5) is 23.7 Å². The van der Waals surface area contributed by atoms with Crippen molar-refractivity contribution in [3.63, 3.8) is 0 Å². The highest BCUT2D eigenvalue weighted by Crippen LogP contribution is 2.36. The molecule has 2 amide bonds. The molecule has 36 heavy (non-hydrogen) atoms. The number of benzene rings is 2. The molecule has 1 aromatic heterocycles. The Morgan fingerprint density at radius 1 is 1.11 bits per heavy atom. The van der Waals surface area contributed by atoms with Gasteiger partial charge in [-0.25, -0.2) is 14.4 Å². The Morgan fingerprint density at radius 2 is 1.75 bits per heavy atom. The fourth-order valence-electron chi connectivity index (χ4n) is 3.87. The van der Waals surface area contributed by atoms with Crippen molar-refractivity contribution in [2.45, 2.75) is 25.7 Å². The lowest BCUT2D eigenvalue weighted by Gasteiger charge is -2.17. The molecule has 2 heterocycles. The smallest absolute Gasteiger partial charge is 0.417 e. The fourth-order valence-corrected chi connectivity index (χ4v) is 4.16. The molecule has 0 radical (unpaired) electrons. The summed E-state index contributed by atoms with van der Waals surface area (Å²) in [4.78, 5) is 51.2. The Labute approximate surface area is 206 Å². The van der Waals surface area contributed by atoms with E-state index in [1.54, 1.807) is 12.1 Å². The average Bonchev–Trinajstić information content (AvgIpc) is 3.14. The van der Waals surface area contributed by atoms with Crippen LogP contribution in [-0.4, -0.2) is 38.8 Å². The Hall–Kier alpha value is -4.06. The first-order valence-electron chi connectivity index (χ1n) is 10.5. The van der Waals surface area contributed by atoms with Gasteiger partial charge in [0.15, 0.2) is 0 Å². The van der Waals surface area contributed by atoms with Crippen LogP contribution in [0.1, 0.15) is 28.4 Å². The molecular formula is C23H18ClF3N4O5. The zero-order valence-corrected chi connectivity index (χ0v) is 19.3. The van der Waals surface area contributed by atoms with Crippen LogP contribution in [0.3, 0.4) is 0 Å². The number of rotatable bonds is 5. The fraction of sp³-hybridized carbons (Fsp3) is 0.217. The number of urea groups is 1. The van der Waals surface area contributed by atoms with E-state index in [0.717, 1.165) is 22.9 Å². The van der Waals surface area contributed by atoms with Gasteiger partial charge in [-0.1, -0.05) is 23.7 Å². The number of aromatic carboxylic acids is 1. The SMILES string of the molecule is CC1CN(c2ccc(-n3cc(C(=O)O)c(=O)n(Cc4cccc(C(F)(F)F)c4Cl)c3=O)cc2)C(=O)N1. The minimum Gasteiger partial charge on any atom is -0.477 e. The second kappa shape index (κ2) is 9.19. The molecule has 1 fully saturated rings. The highest BCUT2D eigenvalue weighted by atomic mass is 35.5. The number of anilines is 1. The molecular weight excluding hydrogens is 505 g/mol. The van der Waals surface area contributed by atoms with Gasteiger partial charge in [0, 0.05) is 24.5 Å². The largest absolute Gasteiger partial charge is 0.477 e. The van der Waals surface area contributed by atoms with E-state index in [2.05, 4.69) is 5.32 Å². The standard InChI is InChI=1S/C23H18ClF3N4O5/c1-12-9-29(21(35)28-12)14-5-7-15(8-6-14)30-11-16(20(33)34)19(32)31(22(30)36)10-13-3-2-4-17(18(13)24)23(25,26)27/h2-8,11-12H,9-10H2,1H3,(H,28,35)(H,33,34). The molecule has 1 unspecified atom stereocenters. The minimum absolute atomic E-state index is 0.0656. The number of hydrogen-bond donors (Lipinski definition) is 2. The number of aromatic nitrogens is 2. The van der Waals surface area contributed by atoms with E-state index in [0.29, 0.717) is 16.8 Å². The molecule has 0 spiro atoms. The van der Waals surface area contributed by atoms with Gasteiger partial charge in [0.1, 0.15) is 5.56 Å². The van der Waals surface area contributed by atoms with Crippen LogP contribution in [0.25, 0.3) is 5.69 Å². The van der Waals surface area contributed by atoms with Gasteiger partial charge in [-0.2, -0.15) is 13.2 Å². The third-order valence-electron chi connectivity index (χ3n) is 5.62. The van der Waals surface area contributed by atoms with Crippen molar-refractivity contribution >= 4 is 29.3 Å². The van der Waals surface area contributed by atoms with Crippen LogP contribution in [0.5, 0.6) is 0 Å². The normalized spacial score (nSPS) is 15.8. The first-order chi connectivity index (χ1) is 16.9. The van der Waals surface area contributed by atoms with Crippen molar-refractivity contribution in [2.24, 2.45) is 0 Å². The number of alkyl halides is 3. The molecule has 1 aliphatic rings. The molecule has 4 rings (SSSR count). The van der Waals surface area contributed by atoms with Gasteiger partial charge in [-0.05, 0) is 42.8 Å². The Bertz CT molecular complexity index is 1480. The molecule has 1 aliphatic heterocycles. The molecule has 1 saturated heterocycles. The zero-order valence-electron chi connectivity index (χ0n) is 18.5. The van der Waals surface area contributed by atoms with Gasteiger partial charge >= 0.3 is 23.9 Å². The number of halogens is 4. The van der Waals surface area contributed by atoms with Crippen molar-refractivity contribution in [1.82, 2.24) is 14.5 Å². The summed E-state index contributed by atoms with van der Waals surface area (Å²) >= 11 is 5.91. The summed E-state index contributed by atoms with van der Waals surface area (Å²) in [5, 5.41) is 11.6. The molecule has 2 N–H and O–H groups in total. The first-order valence-corrected chi connectivity index (χ1v) is 10.9. The highest BCUT2D eigenvalue weighted by Gasteiger charge is 2.34. The molecule has 0 saturated carbocycles. The lowest BCUT2D eigenvalue weighted by molar-refractivity contribution is -0.137. The lowest BCUT2D eigenvalue weighted by Crippen LogP contribution is -2.42. The van der Waals surface area contributed by atoms with Gasteiger partial charge in [-0.15, -0.1) is 0 Å². The summed E-state index contributed by atoms with van der Waals surface area (Å²) in [7, 11) is 0. The summed E-state index contributed by atoms with van der Waals surface area (Å²) in [5.74, 6) is -1.63. The van der Waals surface area contributed by atoms with E-state index in [-0.39, 0.29) is 23.3 Å². The molecule has 13 heteroatoms. The molecule has 2 aromatic carbocycles. The number of carbonyl (C=O) groups is 2. The summed E-state index contributed by atoms with van der Waals surface area (Å²) in [6, 6.07) is 8.65. The van der Waals surface area contributed by atoms with Gasteiger partial charge in [-0.3, -0.25) is 18.8 Å². The van der Waals surface area contributed by atoms with E-state index in [9.17, 15) is 37.5 Å². The van der Waals surface area contributed by atoms with Crippen molar-refractivity contribution in [1.29, 1.82) is 0 Å². The third kappa shape index (κ3) is 4.59. The molecule has 9 nitrogen and oxygen atoms in total. The van der Waals surface area contributed by atoms with Crippen LogP contribution in [0.15, 0.2) is 58.3 Å². The molecule has 0 aliphatic carbocycles. The number of carboxylic acids is 1. The quantitative estimate of drug-likeness (QED) is 0.533. The monoisotopic (exact) mass is 522 g/mol. The number of nitrogens with one attached hydrogen (secondary N) is 1. The van der Waals surface area contributed by atoms with E-state index in [1.807, 2.05) is 6.92 Å². The summed E-state index contributed by atoms with van der Waals surface area (Å²) in [6.45, 7) is 1.56. The zero-order chi connectivity index (χ0) is 26.4. The van der Waals surface area contributed by atoms with Gasteiger partial charge in [0.2, 0.25) is 0 Å². The summed E-state index contributed by atoms with van der Waals surface area (Å²) in [6.07, 6.45) is -3.93. The maximum atomic E-state index is 13.2. The number of amides is 2. The maximum absolute atomic E-state index is 13.2. The second-order valence-electron chi connectivity index (χ2n) is 8.15. The van der Waals surface area contributed by atoms with E-state index >= 15 is 0 Å². The number of carbonyl (C=O) groups excluding carboxylic acids is 1. The van der Waals surface area contributed by atoms with Crippen LogP contribution in [-0.2, 0) is 12.7 Å². The van der Waals surface area contributed by atoms with E-state index in [1.165, 1.54) is 23.1 Å². The first kappa shape index (κ1) is 25.0. The molecule has 0 bridgehead atoms. The number of nitrogens with zero attached hydrogens (tertiary/aromatic N) is 3. The Morgan fingerprint density at radius 3 is 2.31 bits per heavy atom. The lowest BCUT2D eigenvalue weighted by atomic mass is 10.1. The second-order valence-corrected chi connectivity index (χ2v) is 8.52. The van der Waals surface area contributed by atoms with Crippen LogP contribution >= 0.6 is 11.6 Å². The van der Waals surface area contributed by atoms with Crippen LogP contribution in [0, 0.1) is 0 Å². The molecule has 188 valence electrons. The highest BCUT2D eigenvalue weighted by molar-refractivity contribution is 6.32. The van der Waals surface area contributed by atoms with Crippen molar-refractivity contribution in [3.8, 4) is 5.69 Å². The van der Waals surface area contributed by atoms with Crippen molar-refractivity contribution in [3.05, 3.63) is 91.2 Å².